The number of aromatic nitrogens is 3. The zero-order valence-corrected chi connectivity index (χ0v) is 12.1. The lowest BCUT2D eigenvalue weighted by Crippen LogP contribution is -2.54. The summed E-state index contributed by atoms with van der Waals surface area (Å²) >= 11 is 0. The van der Waals surface area contributed by atoms with E-state index in [0.29, 0.717) is 23.7 Å². The second kappa shape index (κ2) is 4.27. The summed E-state index contributed by atoms with van der Waals surface area (Å²) in [4.78, 5) is 26.5. The molecular weight excluding hydrogens is 266 g/mol. The standard InChI is InChI=1S/C15H19N5O/c1-2-11-18-12-10(4-6-17-13(12)19-11)14(21)20-7-9-3-5-15(9,16)8-20/h4,6,9H,2-3,5,7-8,16H2,1H3,(H,17,18,19)/t9-,15-/m0/s1. The van der Waals surface area contributed by atoms with Crippen molar-refractivity contribution >= 4 is 17.1 Å². The molecule has 0 unspecified atom stereocenters. The van der Waals surface area contributed by atoms with Crippen LogP contribution >= 0.6 is 0 Å². The van der Waals surface area contributed by atoms with Crippen LogP contribution in [0, 0.1) is 5.92 Å². The van der Waals surface area contributed by atoms with Crippen LogP contribution in [0.15, 0.2) is 12.3 Å². The number of aryl methyl sites for hydroxylation is 1. The number of likely N-dealkylation sites (tertiary alicyclic amines) is 1. The summed E-state index contributed by atoms with van der Waals surface area (Å²) in [6.07, 6.45) is 4.60. The molecule has 0 spiro atoms. The number of nitrogens with two attached hydrogens (primary N) is 1. The highest BCUT2D eigenvalue weighted by Crippen LogP contribution is 2.42. The van der Waals surface area contributed by atoms with Crippen molar-refractivity contribution in [1.29, 1.82) is 0 Å². The van der Waals surface area contributed by atoms with Crippen molar-refractivity contribution in [3.8, 4) is 0 Å². The first-order chi connectivity index (χ1) is 10.1. The number of hydrogen-bond donors (Lipinski definition) is 2. The molecule has 21 heavy (non-hydrogen) atoms. The van der Waals surface area contributed by atoms with Crippen molar-refractivity contribution in [2.45, 2.75) is 31.7 Å². The quantitative estimate of drug-likeness (QED) is 0.864. The third-order valence-electron chi connectivity index (χ3n) is 4.99. The predicted molar refractivity (Wildman–Crippen MR) is 78.8 cm³/mol. The van der Waals surface area contributed by atoms with E-state index in [9.17, 15) is 4.79 Å². The minimum absolute atomic E-state index is 0.0351. The van der Waals surface area contributed by atoms with Gasteiger partial charge in [0.2, 0.25) is 0 Å². The number of pyridine rings is 1. The maximum atomic E-state index is 12.8. The first kappa shape index (κ1) is 12.8. The summed E-state index contributed by atoms with van der Waals surface area (Å²) in [5, 5.41) is 0. The van der Waals surface area contributed by atoms with Gasteiger partial charge in [-0.1, -0.05) is 6.92 Å². The van der Waals surface area contributed by atoms with Gasteiger partial charge in [0.05, 0.1) is 11.1 Å². The molecule has 6 nitrogen and oxygen atoms in total. The Morgan fingerprint density at radius 2 is 2.48 bits per heavy atom. The summed E-state index contributed by atoms with van der Waals surface area (Å²) in [7, 11) is 0. The number of carbonyl (C=O) groups is 1. The van der Waals surface area contributed by atoms with Gasteiger partial charge in [0, 0.05) is 31.2 Å². The van der Waals surface area contributed by atoms with Crippen LogP contribution in [0.3, 0.4) is 0 Å². The Labute approximate surface area is 122 Å². The number of amides is 1. The second-order valence-electron chi connectivity index (χ2n) is 6.25. The van der Waals surface area contributed by atoms with Crippen LogP contribution in [-0.4, -0.2) is 44.4 Å². The number of aromatic amines is 1. The SMILES string of the molecule is CCc1nc2nccc(C(=O)N3C[C@@H]4CC[C@]4(N)C3)c2[nH]1. The molecule has 2 fully saturated rings. The van der Waals surface area contributed by atoms with Gasteiger partial charge in [0.15, 0.2) is 5.65 Å². The number of hydrogen-bond acceptors (Lipinski definition) is 4. The van der Waals surface area contributed by atoms with Crippen molar-refractivity contribution in [2.75, 3.05) is 13.1 Å². The average molecular weight is 285 g/mol. The molecule has 3 N–H and O–H groups in total. The van der Waals surface area contributed by atoms with Crippen LogP contribution in [0.1, 0.15) is 35.9 Å². The molecule has 3 heterocycles. The van der Waals surface area contributed by atoms with Crippen LogP contribution < -0.4 is 5.73 Å². The fourth-order valence-electron chi connectivity index (χ4n) is 3.52. The normalized spacial score (nSPS) is 27.7. The maximum Gasteiger partial charge on any atom is 0.256 e. The fourth-order valence-corrected chi connectivity index (χ4v) is 3.52. The smallest absolute Gasteiger partial charge is 0.256 e. The number of H-pyrrole nitrogens is 1. The van der Waals surface area contributed by atoms with Crippen LogP contribution in [-0.2, 0) is 6.42 Å². The van der Waals surface area contributed by atoms with Crippen molar-refractivity contribution in [1.82, 2.24) is 19.9 Å². The Bertz CT molecular complexity index is 724. The highest BCUT2D eigenvalue weighted by atomic mass is 16.2. The number of nitrogens with one attached hydrogen (secondary N) is 1. The van der Waals surface area contributed by atoms with Crippen LogP contribution in [0.25, 0.3) is 11.2 Å². The average Bonchev–Trinajstić information content (AvgIpc) is 3.00. The predicted octanol–water partition coefficient (Wildman–Crippen LogP) is 1.08. The molecule has 4 rings (SSSR count). The Morgan fingerprint density at radius 3 is 3.10 bits per heavy atom. The lowest BCUT2D eigenvalue weighted by molar-refractivity contribution is 0.0786. The Morgan fingerprint density at radius 1 is 1.62 bits per heavy atom. The van der Waals surface area contributed by atoms with E-state index in [-0.39, 0.29) is 11.4 Å². The number of imidazole rings is 1. The molecule has 2 atom stereocenters. The lowest BCUT2D eigenvalue weighted by Gasteiger charge is -2.39. The van der Waals surface area contributed by atoms with Gasteiger partial charge in [-0.2, -0.15) is 0 Å². The Balaban J connectivity index is 1.70. The monoisotopic (exact) mass is 285 g/mol. The van der Waals surface area contributed by atoms with E-state index >= 15 is 0 Å². The van der Waals surface area contributed by atoms with E-state index in [4.69, 9.17) is 5.73 Å². The third kappa shape index (κ3) is 1.78. The minimum Gasteiger partial charge on any atom is -0.340 e. The van der Waals surface area contributed by atoms with Gasteiger partial charge < -0.3 is 15.6 Å². The summed E-state index contributed by atoms with van der Waals surface area (Å²) in [5.41, 5.74) is 8.18. The molecule has 0 aromatic carbocycles. The van der Waals surface area contributed by atoms with Crippen molar-refractivity contribution in [2.24, 2.45) is 11.7 Å². The van der Waals surface area contributed by atoms with E-state index < -0.39 is 0 Å². The zero-order chi connectivity index (χ0) is 14.6. The highest BCUT2D eigenvalue weighted by molar-refractivity contribution is 6.04. The van der Waals surface area contributed by atoms with Crippen LogP contribution in [0.5, 0.6) is 0 Å². The van der Waals surface area contributed by atoms with Crippen molar-refractivity contribution in [3.05, 3.63) is 23.7 Å². The largest absolute Gasteiger partial charge is 0.340 e. The highest BCUT2D eigenvalue weighted by Gasteiger charge is 2.51. The molecule has 0 radical (unpaired) electrons. The van der Waals surface area contributed by atoms with E-state index in [1.165, 1.54) is 0 Å². The van der Waals surface area contributed by atoms with Gasteiger partial charge in [0.25, 0.3) is 5.91 Å². The molecule has 6 heteroatoms. The number of nitrogens with zero attached hydrogens (tertiary/aromatic N) is 3. The molecule has 1 aliphatic carbocycles. The molecule has 2 aromatic heterocycles. The molecule has 110 valence electrons. The first-order valence-corrected chi connectivity index (χ1v) is 7.52. The first-order valence-electron chi connectivity index (χ1n) is 7.52. The van der Waals surface area contributed by atoms with Crippen LogP contribution in [0.4, 0.5) is 0 Å². The topological polar surface area (TPSA) is 87.9 Å². The van der Waals surface area contributed by atoms with Crippen molar-refractivity contribution < 1.29 is 4.79 Å². The summed E-state index contributed by atoms with van der Waals surface area (Å²) in [6, 6.07) is 1.77. The number of fused-ring (bicyclic) bond motifs is 2. The summed E-state index contributed by atoms with van der Waals surface area (Å²) in [6.45, 7) is 3.46. The van der Waals surface area contributed by atoms with Gasteiger partial charge in [-0.3, -0.25) is 4.79 Å². The molecule has 1 saturated carbocycles. The van der Waals surface area contributed by atoms with E-state index in [0.717, 1.165) is 37.1 Å². The fraction of sp³-hybridized carbons (Fsp3) is 0.533. The summed E-state index contributed by atoms with van der Waals surface area (Å²) in [5.74, 6) is 1.36. The van der Waals surface area contributed by atoms with Gasteiger partial charge in [-0.05, 0) is 24.8 Å². The molecule has 1 amide bonds. The molecule has 1 aliphatic heterocycles. The van der Waals surface area contributed by atoms with Gasteiger partial charge >= 0.3 is 0 Å². The van der Waals surface area contributed by atoms with Gasteiger partial charge in [-0.15, -0.1) is 0 Å². The third-order valence-corrected chi connectivity index (χ3v) is 4.99. The molecular formula is C15H19N5O. The lowest BCUT2D eigenvalue weighted by atomic mass is 9.70. The van der Waals surface area contributed by atoms with Crippen LogP contribution in [0.2, 0.25) is 0 Å². The van der Waals surface area contributed by atoms with Gasteiger partial charge in [-0.25, -0.2) is 9.97 Å². The molecule has 2 aliphatic rings. The number of rotatable bonds is 2. The second-order valence-corrected chi connectivity index (χ2v) is 6.25. The van der Waals surface area contributed by atoms with E-state index in [1.807, 2.05) is 11.8 Å². The molecule has 1 saturated heterocycles. The maximum absolute atomic E-state index is 12.8. The summed E-state index contributed by atoms with van der Waals surface area (Å²) < 4.78 is 0. The minimum atomic E-state index is -0.148. The Kier molecular flexibility index (Phi) is 2.60. The Hall–Kier alpha value is -1.95. The number of carbonyl (C=O) groups excluding carboxylic acids is 1. The zero-order valence-electron chi connectivity index (χ0n) is 12.1. The van der Waals surface area contributed by atoms with E-state index in [2.05, 4.69) is 15.0 Å². The molecule has 2 aromatic rings. The molecule has 0 bridgehead atoms. The van der Waals surface area contributed by atoms with Gasteiger partial charge in [0.1, 0.15) is 5.82 Å². The van der Waals surface area contributed by atoms with Crippen molar-refractivity contribution in [3.63, 3.8) is 0 Å². The van der Waals surface area contributed by atoms with E-state index in [1.54, 1.807) is 12.3 Å².